The molecule has 0 amide bonds. The summed E-state index contributed by atoms with van der Waals surface area (Å²) < 4.78 is 4.91. The Kier molecular flexibility index (Phi) is 4.26. The van der Waals surface area contributed by atoms with Crippen LogP contribution in [0.1, 0.15) is 26.3 Å². The second-order valence-corrected chi connectivity index (χ2v) is 4.41. The van der Waals surface area contributed by atoms with Gasteiger partial charge < -0.3 is 9.84 Å². The van der Waals surface area contributed by atoms with Crippen LogP contribution in [0.5, 0.6) is 5.75 Å². The lowest BCUT2D eigenvalue weighted by Gasteiger charge is -2.18. The third-order valence-corrected chi connectivity index (χ3v) is 2.12. The first-order valence-electron chi connectivity index (χ1n) is 5.37. The highest BCUT2D eigenvalue weighted by atomic mass is 16.5. The summed E-state index contributed by atoms with van der Waals surface area (Å²) in [5.41, 5.74) is 0.136. The summed E-state index contributed by atoms with van der Waals surface area (Å²) in [6.07, 6.45) is 1.58. The number of nitrogens with zero attached hydrogens (tertiary/aromatic N) is 1. The number of esters is 1. The minimum atomic E-state index is -0.506. The molecule has 1 N–H and O–H groups in total. The smallest absolute Gasteiger partial charge is 0.302 e. The van der Waals surface area contributed by atoms with Crippen molar-refractivity contribution in [2.24, 2.45) is 4.99 Å². The van der Waals surface area contributed by atoms with Gasteiger partial charge in [-0.15, -0.1) is 0 Å². The molecule has 17 heavy (non-hydrogen) atoms. The van der Waals surface area contributed by atoms with E-state index in [1.54, 1.807) is 24.4 Å². The molecule has 92 valence electrons. The molecule has 0 heterocycles. The fraction of sp³-hybridized carbons (Fsp3) is 0.385. The largest absolute Gasteiger partial charge is 0.507 e. The average molecular weight is 235 g/mol. The lowest BCUT2D eigenvalue weighted by atomic mass is 10.1. The molecule has 0 aliphatic rings. The lowest BCUT2D eigenvalue weighted by Crippen LogP contribution is -2.26. The summed E-state index contributed by atoms with van der Waals surface area (Å²) in [6.45, 7) is 5.29. The molecule has 0 atom stereocenters. The zero-order valence-corrected chi connectivity index (χ0v) is 10.3. The standard InChI is InChI=1S/C13H17NO3/c1-10(15)17-9-13(2,3)14-8-11-6-4-5-7-12(11)16/h4-8,16H,9H2,1-3H3/b14-8+. The highest BCUT2D eigenvalue weighted by Gasteiger charge is 2.17. The van der Waals surface area contributed by atoms with E-state index in [1.165, 1.54) is 6.92 Å². The van der Waals surface area contributed by atoms with Crippen molar-refractivity contribution in [1.29, 1.82) is 0 Å². The minimum absolute atomic E-state index is 0.180. The van der Waals surface area contributed by atoms with Crippen molar-refractivity contribution in [2.45, 2.75) is 26.3 Å². The van der Waals surface area contributed by atoms with Crippen LogP contribution in [0.15, 0.2) is 29.3 Å². The molecular formula is C13H17NO3. The maximum atomic E-state index is 10.7. The highest BCUT2D eigenvalue weighted by Crippen LogP contribution is 2.15. The van der Waals surface area contributed by atoms with Gasteiger partial charge in [0.1, 0.15) is 12.4 Å². The molecule has 0 saturated heterocycles. The van der Waals surface area contributed by atoms with E-state index in [9.17, 15) is 9.90 Å². The van der Waals surface area contributed by atoms with Crippen LogP contribution in [-0.4, -0.2) is 29.4 Å². The van der Waals surface area contributed by atoms with Gasteiger partial charge in [-0.2, -0.15) is 0 Å². The Morgan fingerprint density at radius 2 is 2.12 bits per heavy atom. The van der Waals surface area contributed by atoms with E-state index < -0.39 is 5.54 Å². The molecule has 0 fully saturated rings. The Balaban J connectivity index is 2.69. The number of ether oxygens (including phenoxy) is 1. The molecule has 4 nitrogen and oxygen atoms in total. The fourth-order valence-electron chi connectivity index (χ4n) is 1.16. The van der Waals surface area contributed by atoms with Gasteiger partial charge in [-0.1, -0.05) is 12.1 Å². The molecule has 0 saturated carbocycles. The maximum absolute atomic E-state index is 10.7. The number of para-hydroxylation sites is 1. The van der Waals surface area contributed by atoms with Crippen molar-refractivity contribution < 1.29 is 14.6 Å². The number of benzene rings is 1. The molecule has 0 aliphatic carbocycles. The lowest BCUT2D eigenvalue weighted by molar-refractivity contribution is -0.142. The van der Waals surface area contributed by atoms with E-state index in [0.29, 0.717) is 5.56 Å². The SMILES string of the molecule is CC(=O)OCC(C)(C)/N=C/c1ccccc1O. The second kappa shape index (κ2) is 5.48. The molecule has 0 unspecified atom stereocenters. The zero-order chi connectivity index (χ0) is 12.9. The van der Waals surface area contributed by atoms with E-state index in [1.807, 2.05) is 19.9 Å². The van der Waals surface area contributed by atoms with E-state index >= 15 is 0 Å². The Hall–Kier alpha value is -1.84. The second-order valence-electron chi connectivity index (χ2n) is 4.41. The third kappa shape index (κ3) is 4.68. The summed E-state index contributed by atoms with van der Waals surface area (Å²) in [4.78, 5) is 15.0. The van der Waals surface area contributed by atoms with Gasteiger partial charge in [-0.05, 0) is 26.0 Å². The Morgan fingerprint density at radius 3 is 2.71 bits per heavy atom. The number of carbonyl (C=O) groups is 1. The summed E-state index contributed by atoms with van der Waals surface area (Å²) in [6, 6.07) is 6.93. The van der Waals surface area contributed by atoms with Gasteiger partial charge >= 0.3 is 5.97 Å². The highest BCUT2D eigenvalue weighted by molar-refractivity contribution is 5.83. The number of aromatic hydroxyl groups is 1. The maximum Gasteiger partial charge on any atom is 0.302 e. The predicted molar refractivity (Wildman–Crippen MR) is 66.4 cm³/mol. The Labute approximate surface area is 101 Å². The van der Waals surface area contributed by atoms with Crippen LogP contribution >= 0.6 is 0 Å². The fourth-order valence-corrected chi connectivity index (χ4v) is 1.16. The van der Waals surface area contributed by atoms with Gasteiger partial charge in [0, 0.05) is 18.7 Å². The normalized spacial score (nSPS) is 11.7. The number of phenols is 1. The van der Waals surface area contributed by atoms with Crippen LogP contribution in [0.4, 0.5) is 0 Å². The Bertz CT molecular complexity index is 424. The van der Waals surface area contributed by atoms with E-state index in [-0.39, 0.29) is 18.3 Å². The van der Waals surface area contributed by atoms with Gasteiger partial charge in [-0.25, -0.2) is 0 Å². The molecule has 0 radical (unpaired) electrons. The van der Waals surface area contributed by atoms with Gasteiger partial charge in [0.05, 0.1) is 5.54 Å². The number of phenolic OH excluding ortho intramolecular Hbond substituents is 1. The van der Waals surface area contributed by atoms with Gasteiger partial charge in [0.2, 0.25) is 0 Å². The van der Waals surface area contributed by atoms with Crippen LogP contribution in [-0.2, 0) is 9.53 Å². The molecule has 0 aromatic heterocycles. The summed E-state index contributed by atoms with van der Waals surface area (Å²) in [5, 5.41) is 9.55. The van der Waals surface area contributed by atoms with E-state index in [0.717, 1.165) is 0 Å². The first-order valence-corrected chi connectivity index (χ1v) is 5.37. The van der Waals surface area contributed by atoms with Crippen molar-refractivity contribution in [2.75, 3.05) is 6.61 Å². The van der Waals surface area contributed by atoms with Crippen molar-refractivity contribution in [1.82, 2.24) is 0 Å². The predicted octanol–water partition coefficient (Wildman–Crippen LogP) is 2.15. The van der Waals surface area contributed by atoms with Gasteiger partial charge in [0.15, 0.2) is 0 Å². The van der Waals surface area contributed by atoms with Crippen molar-refractivity contribution in [3.8, 4) is 5.75 Å². The van der Waals surface area contributed by atoms with E-state index in [4.69, 9.17) is 4.74 Å². The van der Waals surface area contributed by atoms with Crippen molar-refractivity contribution >= 4 is 12.2 Å². The summed E-state index contributed by atoms with van der Waals surface area (Å²) >= 11 is 0. The number of hydrogen-bond donors (Lipinski definition) is 1. The topological polar surface area (TPSA) is 58.9 Å². The number of carbonyl (C=O) groups excluding carboxylic acids is 1. The van der Waals surface area contributed by atoms with Crippen LogP contribution in [0.3, 0.4) is 0 Å². The molecular weight excluding hydrogens is 218 g/mol. The van der Waals surface area contributed by atoms with E-state index in [2.05, 4.69) is 4.99 Å². The third-order valence-electron chi connectivity index (χ3n) is 2.12. The molecule has 0 spiro atoms. The molecule has 0 aliphatic heterocycles. The van der Waals surface area contributed by atoms with Crippen LogP contribution in [0, 0.1) is 0 Å². The molecule has 1 aromatic rings. The first-order chi connectivity index (χ1) is 7.91. The van der Waals surface area contributed by atoms with Crippen LogP contribution in [0.25, 0.3) is 0 Å². The number of hydrogen-bond acceptors (Lipinski definition) is 4. The van der Waals surface area contributed by atoms with Gasteiger partial charge in [-0.3, -0.25) is 9.79 Å². The van der Waals surface area contributed by atoms with Crippen molar-refractivity contribution in [3.63, 3.8) is 0 Å². The van der Waals surface area contributed by atoms with Crippen molar-refractivity contribution in [3.05, 3.63) is 29.8 Å². The quantitative estimate of drug-likeness (QED) is 0.642. The molecule has 1 rings (SSSR count). The number of rotatable bonds is 4. The summed E-state index contributed by atoms with van der Waals surface area (Å²) in [5.74, 6) is -0.143. The minimum Gasteiger partial charge on any atom is -0.507 e. The molecule has 0 bridgehead atoms. The number of aliphatic imine (C=N–C) groups is 1. The Morgan fingerprint density at radius 1 is 1.47 bits per heavy atom. The monoisotopic (exact) mass is 235 g/mol. The van der Waals surface area contributed by atoms with Crippen LogP contribution < -0.4 is 0 Å². The zero-order valence-electron chi connectivity index (χ0n) is 10.3. The molecule has 4 heteroatoms. The average Bonchev–Trinajstić information content (AvgIpc) is 2.26. The molecule has 1 aromatic carbocycles. The van der Waals surface area contributed by atoms with Gasteiger partial charge in [0.25, 0.3) is 0 Å². The first kappa shape index (κ1) is 13.2. The van der Waals surface area contributed by atoms with Crippen LogP contribution in [0.2, 0.25) is 0 Å². The summed E-state index contributed by atoms with van der Waals surface area (Å²) in [7, 11) is 0.